The lowest BCUT2D eigenvalue weighted by atomic mass is 10.0. The molecule has 2 heterocycles. The summed E-state index contributed by atoms with van der Waals surface area (Å²) in [5, 5.41) is 0. The van der Waals surface area contributed by atoms with E-state index in [0.29, 0.717) is 13.0 Å². The number of esters is 1. The number of ether oxygens (including phenoxy) is 3. The van der Waals surface area contributed by atoms with Gasteiger partial charge in [0, 0.05) is 7.11 Å². The van der Waals surface area contributed by atoms with E-state index in [1.807, 2.05) is 0 Å². The molecular weight excluding hydrogens is 148 g/mol. The van der Waals surface area contributed by atoms with Crippen LogP contribution in [0.15, 0.2) is 0 Å². The van der Waals surface area contributed by atoms with E-state index in [2.05, 4.69) is 0 Å². The molecule has 2 aliphatic heterocycles. The van der Waals surface area contributed by atoms with E-state index in [9.17, 15) is 4.79 Å². The first-order chi connectivity index (χ1) is 5.31. The van der Waals surface area contributed by atoms with Crippen molar-refractivity contribution >= 4 is 5.97 Å². The summed E-state index contributed by atoms with van der Waals surface area (Å²) in [5.74, 6) is -0.0159. The third-order valence-corrected chi connectivity index (χ3v) is 2.17. The average Bonchev–Trinajstić information content (AvgIpc) is 2.45. The molecular formula is C7H10O4. The molecule has 0 aromatic carbocycles. The molecule has 2 saturated heterocycles. The van der Waals surface area contributed by atoms with Gasteiger partial charge in [-0.05, 0) is 0 Å². The molecule has 0 bridgehead atoms. The molecule has 62 valence electrons. The second-order valence-electron chi connectivity index (χ2n) is 2.83. The third kappa shape index (κ3) is 1.02. The van der Waals surface area contributed by atoms with E-state index in [1.54, 1.807) is 7.11 Å². The Kier molecular flexibility index (Phi) is 1.58. The highest BCUT2D eigenvalue weighted by Gasteiger charge is 2.46. The van der Waals surface area contributed by atoms with Crippen LogP contribution in [-0.4, -0.2) is 32.1 Å². The summed E-state index contributed by atoms with van der Waals surface area (Å²) in [5.41, 5.74) is 0. The first-order valence-electron chi connectivity index (χ1n) is 3.65. The van der Waals surface area contributed by atoms with Gasteiger partial charge in [0.1, 0.15) is 6.10 Å². The van der Waals surface area contributed by atoms with Gasteiger partial charge in [-0.1, -0.05) is 0 Å². The molecule has 0 saturated carbocycles. The van der Waals surface area contributed by atoms with Crippen molar-refractivity contribution in [1.82, 2.24) is 0 Å². The summed E-state index contributed by atoms with van der Waals surface area (Å²) in [7, 11) is 1.58. The molecule has 0 spiro atoms. The zero-order chi connectivity index (χ0) is 7.84. The van der Waals surface area contributed by atoms with Gasteiger partial charge in [0.05, 0.1) is 18.9 Å². The second kappa shape index (κ2) is 2.46. The molecule has 3 atom stereocenters. The van der Waals surface area contributed by atoms with Crippen molar-refractivity contribution in [2.75, 3.05) is 13.7 Å². The maximum Gasteiger partial charge on any atom is 0.306 e. The fourth-order valence-corrected chi connectivity index (χ4v) is 1.61. The Balaban J connectivity index is 2.07. The van der Waals surface area contributed by atoms with Crippen LogP contribution in [0.25, 0.3) is 0 Å². The van der Waals surface area contributed by atoms with E-state index >= 15 is 0 Å². The fourth-order valence-electron chi connectivity index (χ4n) is 1.61. The van der Waals surface area contributed by atoms with Gasteiger partial charge in [-0.25, -0.2) is 0 Å². The average molecular weight is 158 g/mol. The summed E-state index contributed by atoms with van der Waals surface area (Å²) >= 11 is 0. The van der Waals surface area contributed by atoms with Crippen LogP contribution >= 0.6 is 0 Å². The molecule has 11 heavy (non-hydrogen) atoms. The number of rotatable bonds is 1. The van der Waals surface area contributed by atoms with Crippen molar-refractivity contribution in [2.24, 2.45) is 5.92 Å². The molecule has 1 unspecified atom stereocenters. The Labute approximate surface area is 64.4 Å². The second-order valence-corrected chi connectivity index (χ2v) is 2.83. The molecule has 2 aliphatic rings. The predicted molar refractivity (Wildman–Crippen MR) is 34.7 cm³/mol. The van der Waals surface area contributed by atoms with Gasteiger partial charge >= 0.3 is 5.97 Å². The summed E-state index contributed by atoms with van der Waals surface area (Å²) < 4.78 is 15.2. The molecule has 4 heteroatoms. The van der Waals surface area contributed by atoms with Gasteiger partial charge < -0.3 is 14.2 Å². The van der Waals surface area contributed by atoms with E-state index in [-0.39, 0.29) is 24.3 Å². The molecule has 0 radical (unpaired) electrons. The fraction of sp³-hybridized carbons (Fsp3) is 0.857. The number of hydrogen-bond donors (Lipinski definition) is 0. The number of fused-ring (bicyclic) bond motifs is 1. The lowest BCUT2D eigenvalue weighted by Gasteiger charge is -2.11. The lowest BCUT2D eigenvalue weighted by Crippen LogP contribution is -2.20. The van der Waals surface area contributed by atoms with Crippen molar-refractivity contribution in [1.29, 1.82) is 0 Å². The van der Waals surface area contributed by atoms with Crippen LogP contribution in [0, 0.1) is 5.92 Å². The van der Waals surface area contributed by atoms with Gasteiger partial charge in [0.2, 0.25) is 0 Å². The summed E-state index contributed by atoms with van der Waals surface area (Å²) in [6.07, 6.45) is 0.127. The van der Waals surface area contributed by atoms with Gasteiger partial charge in [0.15, 0.2) is 6.29 Å². The molecule has 0 aliphatic carbocycles. The molecule has 0 aromatic rings. The Morgan fingerprint density at radius 1 is 1.64 bits per heavy atom. The molecule has 4 nitrogen and oxygen atoms in total. The van der Waals surface area contributed by atoms with Gasteiger partial charge in [-0.15, -0.1) is 0 Å². The highest BCUT2D eigenvalue weighted by molar-refractivity contribution is 5.72. The van der Waals surface area contributed by atoms with Gasteiger partial charge in [-0.2, -0.15) is 0 Å². The van der Waals surface area contributed by atoms with E-state index in [4.69, 9.17) is 14.2 Å². The maximum atomic E-state index is 10.8. The molecule has 0 N–H and O–H groups in total. The van der Waals surface area contributed by atoms with Crippen molar-refractivity contribution in [3.8, 4) is 0 Å². The SMILES string of the molecule is COC1OC[C@@H]2OC(=O)C[C@H]12. The number of carbonyl (C=O) groups is 1. The number of carbonyl (C=O) groups excluding carboxylic acids is 1. The highest BCUT2D eigenvalue weighted by atomic mass is 16.7. The normalized spacial score (nSPS) is 42.3. The largest absolute Gasteiger partial charge is 0.459 e. The Bertz CT molecular complexity index is 179. The minimum absolute atomic E-state index is 0.0625. The van der Waals surface area contributed by atoms with Crippen LogP contribution < -0.4 is 0 Å². The lowest BCUT2D eigenvalue weighted by molar-refractivity contribution is -0.146. The quantitative estimate of drug-likeness (QED) is 0.501. The van der Waals surface area contributed by atoms with Crippen LogP contribution in [-0.2, 0) is 19.0 Å². The van der Waals surface area contributed by atoms with Crippen LogP contribution in [0.2, 0.25) is 0 Å². The minimum atomic E-state index is -0.244. The van der Waals surface area contributed by atoms with Crippen LogP contribution in [0.3, 0.4) is 0 Å². The third-order valence-electron chi connectivity index (χ3n) is 2.17. The van der Waals surface area contributed by atoms with Crippen LogP contribution in [0.4, 0.5) is 0 Å². The minimum Gasteiger partial charge on any atom is -0.459 e. The number of methoxy groups -OCH3 is 1. The standard InChI is InChI=1S/C7H10O4/c1-9-7-4-2-6(8)11-5(4)3-10-7/h4-5,7H,2-3H2,1H3/t4-,5-,7?/m0/s1. The molecule has 2 fully saturated rings. The van der Waals surface area contributed by atoms with Crippen molar-refractivity contribution in [2.45, 2.75) is 18.8 Å². The van der Waals surface area contributed by atoms with Gasteiger partial charge in [0.25, 0.3) is 0 Å². The predicted octanol–water partition coefficient (Wildman–Crippen LogP) is -0.0792. The number of hydrogen-bond acceptors (Lipinski definition) is 4. The topological polar surface area (TPSA) is 44.8 Å². The smallest absolute Gasteiger partial charge is 0.306 e. The van der Waals surface area contributed by atoms with E-state index in [0.717, 1.165) is 0 Å². The van der Waals surface area contributed by atoms with Crippen LogP contribution in [0.1, 0.15) is 6.42 Å². The van der Waals surface area contributed by atoms with Crippen molar-refractivity contribution < 1.29 is 19.0 Å². The van der Waals surface area contributed by atoms with E-state index < -0.39 is 0 Å². The van der Waals surface area contributed by atoms with Gasteiger partial charge in [-0.3, -0.25) is 4.79 Å². The summed E-state index contributed by atoms with van der Waals surface area (Å²) in [4.78, 5) is 10.8. The molecule has 0 aromatic heterocycles. The first kappa shape index (κ1) is 7.06. The Morgan fingerprint density at radius 2 is 2.45 bits per heavy atom. The molecule has 2 rings (SSSR count). The summed E-state index contributed by atoms with van der Waals surface area (Å²) in [6.45, 7) is 0.481. The Morgan fingerprint density at radius 3 is 3.18 bits per heavy atom. The van der Waals surface area contributed by atoms with Crippen molar-refractivity contribution in [3.63, 3.8) is 0 Å². The van der Waals surface area contributed by atoms with Crippen LogP contribution in [0.5, 0.6) is 0 Å². The zero-order valence-electron chi connectivity index (χ0n) is 6.28. The maximum absolute atomic E-state index is 10.8. The van der Waals surface area contributed by atoms with E-state index in [1.165, 1.54) is 0 Å². The van der Waals surface area contributed by atoms with Crippen molar-refractivity contribution in [3.05, 3.63) is 0 Å². The monoisotopic (exact) mass is 158 g/mol. The molecule has 0 amide bonds. The highest BCUT2D eigenvalue weighted by Crippen LogP contribution is 2.33. The zero-order valence-corrected chi connectivity index (χ0v) is 6.28. The Hall–Kier alpha value is -0.610. The summed E-state index contributed by atoms with van der Waals surface area (Å²) in [6, 6.07) is 0. The first-order valence-corrected chi connectivity index (χ1v) is 3.65.